The Hall–Kier alpha value is -2.98. The third kappa shape index (κ3) is 4.41. The summed E-state index contributed by atoms with van der Waals surface area (Å²) in [5.74, 6) is -0.781. The first-order chi connectivity index (χ1) is 12.7. The molecule has 27 heavy (non-hydrogen) atoms. The van der Waals surface area contributed by atoms with Crippen LogP contribution < -0.4 is 11.1 Å². The zero-order valence-electron chi connectivity index (χ0n) is 14.9. The Labute approximate surface area is 157 Å². The van der Waals surface area contributed by atoms with Gasteiger partial charge in [0.05, 0.1) is 9.82 Å². The van der Waals surface area contributed by atoms with Gasteiger partial charge in [-0.1, -0.05) is 19.9 Å². The van der Waals surface area contributed by atoms with Crippen molar-refractivity contribution in [2.45, 2.75) is 18.7 Å². The molecule has 0 unspecified atom stereocenters. The number of nitro benzene ring substituents is 1. The Balaban J connectivity index is 2.42. The van der Waals surface area contributed by atoms with E-state index in [1.165, 1.54) is 28.6 Å². The molecule has 0 saturated carbocycles. The van der Waals surface area contributed by atoms with Crippen molar-refractivity contribution in [1.82, 2.24) is 4.31 Å². The van der Waals surface area contributed by atoms with Gasteiger partial charge in [0.2, 0.25) is 15.9 Å². The molecule has 3 N–H and O–H groups in total. The summed E-state index contributed by atoms with van der Waals surface area (Å²) in [6.07, 6.45) is 0. The number of carbonyl (C=O) groups is 1. The summed E-state index contributed by atoms with van der Waals surface area (Å²) in [6, 6.07) is 9.78. The second kappa shape index (κ2) is 8.14. The van der Waals surface area contributed by atoms with E-state index in [-0.39, 0.29) is 21.8 Å². The van der Waals surface area contributed by atoms with Gasteiger partial charge in [0.15, 0.2) is 0 Å². The second-order valence-electron chi connectivity index (χ2n) is 5.60. The minimum absolute atomic E-state index is 0.00473. The fraction of sp³-hybridized carbons (Fsp3) is 0.235. The molecule has 0 saturated heterocycles. The Morgan fingerprint density at radius 2 is 1.85 bits per heavy atom. The van der Waals surface area contributed by atoms with Crippen LogP contribution in [-0.2, 0) is 10.0 Å². The zero-order chi connectivity index (χ0) is 20.2. The number of carbonyl (C=O) groups excluding carboxylic acids is 1. The average Bonchev–Trinajstić information content (AvgIpc) is 2.62. The van der Waals surface area contributed by atoms with E-state index >= 15 is 0 Å². The molecule has 0 atom stereocenters. The molecule has 0 fully saturated rings. The highest BCUT2D eigenvalue weighted by atomic mass is 32.2. The summed E-state index contributed by atoms with van der Waals surface area (Å²) in [5, 5.41) is 14.1. The van der Waals surface area contributed by atoms with Crippen LogP contribution in [0.15, 0.2) is 47.4 Å². The lowest BCUT2D eigenvalue weighted by molar-refractivity contribution is -0.383. The molecule has 0 spiro atoms. The number of nitro groups is 1. The maximum Gasteiger partial charge on any atom is 0.293 e. The summed E-state index contributed by atoms with van der Waals surface area (Å²) >= 11 is 0. The third-order valence-electron chi connectivity index (χ3n) is 3.94. The molecule has 144 valence electrons. The molecule has 10 heteroatoms. The molecule has 0 heterocycles. The number of hydrogen-bond acceptors (Lipinski definition) is 6. The van der Waals surface area contributed by atoms with Gasteiger partial charge in [-0.05, 0) is 30.3 Å². The first kappa shape index (κ1) is 20.3. The van der Waals surface area contributed by atoms with Crippen molar-refractivity contribution in [3.05, 3.63) is 58.1 Å². The van der Waals surface area contributed by atoms with Gasteiger partial charge in [-0.25, -0.2) is 8.42 Å². The Bertz CT molecular complexity index is 971. The summed E-state index contributed by atoms with van der Waals surface area (Å²) < 4.78 is 26.6. The highest BCUT2D eigenvalue weighted by molar-refractivity contribution is 7.89. The van der Waals surface area contributed by atoms with Gasteiger partial charge >= 0.3 is 0 Å². The highest BCUT2D eigenvalue weighted by Gasteiger charge is 2.22. The van der Waals surface area contributed by atoms with E-state index in [1.54, 1.807) is 26.0 Å². The fourth-order valence-electron chi connectivity index (χ4n) is 2.54. The molecular formula is C17H20N4O5S. The van der Waals surface area contributed by atoms with Crippen LogP contribution in [0.2, 0.25) is 0 Å². The largest absolute Gasteiger partial charge is 0.366 e. The molecule has 9 nitrogen and oxygen atoms in total. The van der Waals surface area contributed by atoms with Gasteiger partial charge in [0, 0.05) is 30.4 Å². The molecule has 2 aromatic rings. The summed E-state index contributed by atoms with van der Waals surface area (Å²) in [7, 11) is -3.66. The summed E-state index contributed by atoms with van der Waals surface area (Å²) in [6.45, 7) is 4.15. The minimum atomic E-state index is -3.66. The molecule has 0 aliphatic heterocycles. The van der Waals surface area contributed by atoms with Crippen molar-refractivity contribution in [2.24, 2.45) is 5.73 Å². The van der Waals surface area contributed by atoms with Gasteiger partial charge in [-0.3, -0.25) is 14.9 Å². The topological polar surface area (TPSA) is 136 Å². The number of sulfonamides is 1. The van der Waals surface area contributed by atoms with E-state index in [2.05, 4.69) is 5.32 Å². The first-order valence-electron chi connectivity index (χ1n) is 8.16. The number of nitrogens with one attached hydrogen (secondary N) is 1. The molecular weight excluding hydrogens is 372 g/mol. The lowest BCUT2D eigenvalue weighted by atomic mass is 10.1. The van der Waals surface area contributed by atoms with Gasteiger partial charge in [-0.2, -0.15) is 4.31 Å². The Morgan fingerprint density at radius 1 is 1.19 bits per heavy atom. The van der Waals surface area contributed by atoms with E-state index in [0.717, 1.165) is 6.07 Å². The lowest BCUT2D eigenvalue weighted by Gasteiger charge is -2.19. The van der Waals surface area contributed by atoms with Crippen LogP contribution >= 0.6 is 0 Å². The van der Waals surface area contributed by atoms with Crippen LogP contribution in [0.3, 0.4) is 0 Å². The number of anilines is 2. The van der Waals surface area contributed by atoms with E-state index < -0.39 is 20.9 Å². The number of hydrogen-bond donors (Lipinski definition) is 2. The number of rotatable bonds is 8. The van der Waals surface area contributed by atoms with Crippen LogP contribution in [-0.4, -0.2) is 36.6 Å². The van der Waals surface area contributed by atoms with Crippen molar-refractivity contribution in [1.29, 1.82) is 0 Å². The number of amides is 1. The van der Waals surface area contributed by atoms with E-state index in [1.807, 2.05) is 0 Å². The van der Waals surface area contributed by atoms with Crippen LogP contribution in [0.25, 0.3) is 0 Å². The zero-order valence-corrected chi connectivity index (χ0v) is 15.7. The van der Waals surface area contributed by atoms with Crippen molar-refractivity contribution in [2.75, 3.05) is 18.4 Å². The quantitative estimate of drug-likeness (QED) is 0.523. The summed E-state index contributed by atoms with van der Waals surface area (Å²) in [4.78, 5) is 21.9. The van der Waals surface area contributed by atoms with Gasteiger partial charge in [0.1, 0.15) is 5.69 Å². The highest BCUT2D eigenvalue weighted by Crippen LogP contribution is 2.30. The van der Waals surface area contributed by atoms with E-state index in [0.29, 0.717) is 18.8 Å². The van der Waals surface area contributed by atoms with Crippen molar-refractivity contribution >= 4 is 33.0 Å². The molecule has 1 amide bonds. The second-order valence-corrected chi connectivity index (χ2v) is 7.53. The van der Waals surface area contributed by atoms with E-state index in [4.69, 9.17) is 5.73 Å². The Morgan fingerprint density at radius 3 is 2.41 bits per heavy atom. The maximum absolute atomic E-state index is 12.6. The number of primary amides is 1. The molecule has 0 aliphatic rings. The van der Waals surface area contributed by atoms with Gasteiger partial charge in [0.25, 0.3) is 5.69 Å². The molecule has 0 radical (unpaired) electrons. The van der Waals surface area contributed by atoms with Crippen LogP contribution in [0.4, 0.5) is 17.1 Å². The Kier molecular flexibility index (Phi) is 6.13. The molecule has 0 aromatic heterocycles. The van der Waals surface area contributed by atoms with Crippen molar-refractivity contribution < 1.29 is 18.1 Å². The predicted molar refractivity (Wildman–Crippen MR) is 101 cm³/mol. The van der Waals surface area contributed by atoms with Gasteiger partial charge < -0.3 is 11.1 Å². The maximum atomic E-state index is 12.6. The van der Waals surface area contributed by atoms with Crippen LogP contribution in [0.1, 0.15) is 24.2 Å². The SMILES string of the molecule is CCN(CC)S(=O)(=O)c1cccc(Nc2ccc(C(N)=O)cc2[N+](=O)[O-])c1. The lowest BCUT2D eigenvalue weighted by Crippen LogP contribution is -2.30. The first-order valence-corrected chi connectivity index (χ1v) is 9.60. The molecule has 0 aliphatic carbocycles. The molecule has 2 rings (SSSR count). The average molecular weight is 392 g/mol. The molecule has 2 aromatic carbocycles. The monoisotopic (exact) mass is 392 g/mol. The van der Waals surface area contributed by atoms with E-state index in [9.17, 15) is 23.3 Å². The number of nitrogens with zero attached hydrogens (tertiary/aromatic N) is 2. The third-order valence-corrected chi connectivity index (χ3v) is 5.98. The fourth-order valence-corrected chi connectivity index (χ4v) is 4.05. The number of nitrogens with two attached hydrogens (primary N) is 1. The van der Waals surface area contributed by atoms with Crippen molar-refractivity contribution in [3.63, 3.8) is 0 Å². The van der Waals surface area contributed by atoms with Crippen molar-refractivity contribution in [3.8, 4) is 0 Å². The smallest absolute Gasteiger partial charge is 0.293 e. The minimum Gasteiger partial charge on any atom is -0.366 e. The van der Waals surface area contributed by atoms with Gasteiger partial charge in [-0.15, -0.1) is 0 Å². The predicted octanol–water partition coefficient (Wildman–Crippen LogP) is 2.47. The summed E-state index contributed by atoms with van der Waals surface area (Å²) in [5.41, 5.74) is 5.29. The van der Waals surface area contributed by atoms with Crippen LogP contribution in [0, 0.1) is 10.1 Å². The molecule has 0 bridgehead atoms. The van der Waals surface area contributed by atoms with Crippen LogP contribution in [0.5, 0.6) is 0 Å². The number of benzene rings is 2. The normalized spacial score (nSPS) is 11.4. The standard InChI is InChI=1S/C17H20N4O5S/c1-3-20(4-2)27(25,26)14-7-5-6-13(11-14)19-15-9-8-12(17(18)22)10-16(15)21(23)24/h5-11,19H,3-4H2,1-2H3,(H2,18,22).